The van der Waals surface area contributed by atoms with E-state index in [4.69, 9.17) is 9.26 Å². The predicted octanol–water partition coefficient (Wildman–Crippen LogP) is 4.70. The molecule has 12 heteroatoms. The van der Waals surface area contributed by atoms with Crippen LogP contribution in [0.4, 0.5) is 23.2 Å². The minimum absolute atomic E-state index is 0.0354. The second kappa shape index (κ2) is 10.5. The topological polar surface area (TPSA) is 94.3 Å². The van der Waals surface area contributed by atoms with Crippen molar-refractivity contribution in [1.82, 2.24) is 10.1 Å². The molecule has 0 aliphatic carbocycles. The summed E-state index contributed by atoms with van der Waals surface area (Å²) >= 11 is 1.04. The fraction of sp³-hybridized carbons (Fsp3) is 0.238. The van der Waals surface area contributed by atoms with Crippen LogP contribution in [0.2, 0.25) is 0 Å². The van der Waals surface area contributed by atoms with Gasteiger partial charge >= 0.3 is 12.1 Å². The maximum absolute atomic E-state index is 12.9. The summed E-state index contributed by atoms with van der Waals surface area (Å²) < 4.78 is 60.9. The number of alkyl halides is 3. The number of esters is 1. The average Bonchev–Trinajstić information content (AvgIpc) is 3.26. The first-order valence-electron chi connectivity index (χ1n) is 9.45. The smallest absolute Gasteiger partial charge is 0.416 e. The highest BCUT2D eigenvalue weighted by atomic mass is 32.2. The molecule has 0 aliphatic rings. The van der Waals surface area contributed by atoms with Gasteiger partial charge in [0.1, 0.15) is 11.1 Å². The third-order valence-electron chi connectivity index (χ3n) is 4.20. The number of hydrogen-bond donors (Lipinski definition) is 1. The Bertz CT molecular complexity index is 1100. The number of carbonyl (C=O) groups is 2. The van der Waals surface area contributed by atoms with Gasteiger partial charge in [-0.2, -0.15) is 18.2 Å². The number of halogens is 4. The monoisotopic (exact) mass is 483 g/mol. The van der Waals surface area contributed by atoms with E-state index in [9.17, 15) is 27.2 Å². The Hall–Kier alpha value is -3.41. The number of nitrogens with one attached hydrogen (secondary N) is 1. The molecule has 33 heavy (non-hydrogen) atoms. The Morgan fingerprint density at radius 1 is 1.12 bits per heavy atom. The Morgan fingerprint density at radius 3 is 2.42 bits per heavy atom. The first-order chi connectivity index (χ1) is 15.6. The summed E-state index contributed by atoms with van der Waals surface area (Å²) in [5.74, 6) is -1.44. The molecule has 174 valence electrons. The number of benzene rings is 2. The maximum Gasteiger partial charge on any atom is 0.416 e. The quantitative estimate of drug-likeness (QED) is 0.367. The zero-order chi connectivity index (χ0) is 24.0. The molecule has 3 aromatic rings. The van der Waals surface area contributed by atoms with Gasteiger partial charge in [-0.1, -0.05) is 17.3 Å². The summed E-state index contributed by atoms with van der Waals surface area (Å²) in [6, 6.07) is 9.47. The Balaban J connectivity index is 1.45. The number of nitrogens with zero attached hydrogens (tertiary/aromatic N) is 2. The first-order valence-corrected chi connectivity index (χ1v) is 10.5. The molecule has 0 bridgehead atoms. The van der Waals surface area contributed by atoms with Crippen molar-refractivity contribution in [2.75, 3.05) is 11.1 Å². The van der Waals surface area contributed by atoms with Crippen LogP contribution < -0.4 is 5.32 Å². The van der Waals surface area contributed by atoms with Crippen LogP contribution in [0.25, 0.3) is 11.4 Å². The molecule has 1 unspecified atom stereocenters. The van der Waals surface area contributed by atoms with Crippen LogP contribution in [-0.2, 0) is 27.1 Å². The standard InChI is InChI=1S/C21H17F4N3O4S/c1-12(33-11-17(29)26-16-8-6-15(22)7-9-16)20(30)31-10-18-27-19(28-32-18)13-2-4-14(5-3-13)21(23,24)25/h2-9,12H,10-11H2,1H3,(H,26,29). The van der Waals surface area contributed by atoms with Gasteiger partial charge in [-0.15, -0.1) is 11.8 Å². The fourth-order valence-corrected chi connectivity index (χ4v) is 3.17. The van der Waals surface area contributed by atoms with E-state index in [2.05, 4.69) is 15.5 Å². The van der Waals surface area contributed by atoms with Gasteiger partial charge in [0.15, 0.2) is 6.61 Å². The van der Waals surface area contributed by atoms with Gasteiger partial charge in [0.25, 0.3) is 5.89 Å². The third-order valence-corrected chi connectivity index (χ3v) is 5.32. The molecule has 0 saturated carbocycles. The number of amides is 1. The largest absolute Gasteiger partial charge is 0.455 e. The van der Waals surface area contributed by atoms with Crippen molar-refractivity contribution < 1.29 is 36.4 Å². The molecule has 0 spiro atoms. The van der Waals surface area contributed by atoms with Crippen molar-refractivity contribution in [2.45, 2.75) is 25.0 Å². The minimum atomic E-state index is -4.45. The molecule has 0 saturated heterocycles. The molecule has 1 atom stereocenters. The molecule has 2 aromatic carbocycles. The van der Waals surface area contributed by atoms with Crippen molar-refractivity contribution in [2.24, 2.45) is 0 Å². The highest BCUT2D eigenvalue weighted by Crippen LogP contribution is 2.30. The molecule has 1 aromatic heterocycles. The average molecular weight is 483 g/mol. The summed E-state index contributed by atoms with van der Waals surface area (Å²) in [6.07, 6.45) is -4.45. The van der Waals surface area contributed by atoms with Crippen LogP contribution >= 0.6 is 11.8 Å². The van der Waals surface area contributed by atoms with Crippen LogP contribution in [-0.4, -0.2) is 33.0 Å². The van der Waals surface area contributed by atoms with Crippen LogP contribution in [0.15, 0.2) is 53.1 Å². The minimum Gasteiger partial charge on any atom is -0.455 e. The third kappa shape index (κ3) is 7.04. The lowest BCUT2D eigenvalue weighted by atomic mass is 10.1. The summed E-state index contributed by atoms with van der Waals surface area (Å²) in [4.78, 5) is 28.1. The van der Waals surface area contributed by atoms with Crippen molar-refractivity contribution >= 4 is 29.3 Å². The molecule has 0 radical (unpaired) electrons. The fourth-order valence-electron chi connectivity index (χ4n) is 2.49. The lowest BCUT2D eigenvalue weighted by molar-refractivity contribution is -0.144. The van der Waals surface area contributed by atoms with Gasteiger partial charge in [0.2, 0.25) is 11.7 Å². The van der Waals surface area contributed by atoms with Gasteiger partial charge in [0.05, 0.1) is 11.3 Å². The lowest BCUT2D eigenvalue weighted by Crippen LogP contribution is -2.21. The van der Waals surface area contributed by atoms with Gasteiger partial charge in [0, 0.05) is 11.3 Å². The van der Waals surface area contributed by atoms with Crippen molar-refractivity contribution in [3.05, 3.63) is 65.8 Å². The van der Waals surface area contributed by atoms with Gasteiger partial charge in [-0.05, 0) is 43.3 Å². The number of carbonyl (C=O) groups excluding carboxylic acids is 2. The highest BCUT2D eigenvalue weighted by Gasteiger charge is 2.30. The van der Waals surface area contributed by atoms with Gasteiger partial charge in [-0.25, -0.2) is 4.39 Å². The molecule has 0 fully saturated rings. The van der Waals surface area contributed by atoms with Crippen LogP contribution in [0.1, 0.15) is 18.4 Å². The summed E-state index contributed by atoms with van der Waals surface area (Å²) in [5, 5.41) is 5.56. The Morgan fingerprint density at radius 2 is 1.79 bits per heavy atom. The second-order valence-electron chi connectivity index (χ2n) is 6.70. The van der Waals surface area contributed by atoms with E-state index in [0.29, 0.717) is 11.3 Å². The van der Waals surface area contributed by atoms with E-state index >= 15 is 0 Å². The number of rotatable bonds is 8. The summed E-state index contributed by atoms with van der Waals surface area (Å²) in [7, 11) is 0. The van der Waals surface area contributed by atoms with E-state index in [-0.39, 0.29) is 30.0 Å². The molecule has 3 rings (SSSR count). The maximum atomic E-state index is 12.9. The van der Waals surface area contributed by atoms with E-state index < -0.39 is 28.8 Å². The van der Waals surface area contributed by atoms with Crippen molar-refractivity contribution in [1.29, 1.82) is 0 Å². The molecular formula is C21H17F4N3O4S. The number of anilines is 1. The zero-order valence-corrected chi connectivity index (χ0v) is 17.9. The lowest BCUT2D eigenvalue weighted by Gasteiger charge is -2.10. The van der Waals surface area contributed by atoms with Crippen LogP contribution in [0.5, 0.6) is 0 Å². The Kier molecular flexibility index (Phi) is 7.69. The van der Waals surface area contributed by atoms with Crippen molar-refractivity contribution in [3.63, 3.8) is 0 Å². The predicted molar refractivity (Wildman–Crippen MR) is 111 cm³/mol. The van der Waals surface area contributed by atoms with E-state index in [1.165, 1.54) is 36.4 Å². The molecule has 1 N–H and O–H groups in total. The number of hydrogen-bond acceptors (Lipinski definition) is 7. The normalized spacial score (nSPS) is 12.3. The Labute approximate surface area is 189 Å². The summed E-state index contributed by atoms with van der Waals surface area (Å²) in [5.41, 5.74) is -0.0698. The second-order valence-corrected chi connectivity index (χ2v) is 8.03. The van der Waals surface area contributed by atoms with E-state index in [1.54, 1.807) is 6.92 Å². The molecule has 7 nitrogen and oxygen atoms in total. The van der Waals surface area contributed by atoms with E-state index in [0.717, 1.165) is 23.9 Å². The molecule has 1 heterocycles. The number of ether oxygens (including phenoxy) is 1. The van der Waals surface area contributed by atoms with Gasteiger partial charge in [-0.3, -0.25) is 9.59 Å². The van der Waals surface area contributed by atoms with Crippen molar-refractivity contribution in [3.8, 4) is 11.4 Å². The molecule has 1 amide bonds. The molecule has 0 aliphatic heterocycles. The summed E-state index contributed by atoms with van der Waals surface area (Å²) in [6.45, 7) is 1.22. The molecular weight excluding hydrogens is 466 g/mol. The van der Waals surface area contributed by atoms with E-state index in [1.807, 2.05) is 0 Å². The van der Waals surface area contributed by atoms with Crippen LogP contribution in [0, 0.1) is 5.82 Å². The zero-order valence-electron chi connectivity index (χ0n) is 17.1. The van der Waals surface area contributed by atoms with Crippen LogP contribution in [0.3, 0.4) is 0 Å². The number of thioether (sulfide) groups is 1. The first kappa shape index (κ1) is 24.2. The SMILES string of the molecule is CC(SCC(=O)Nc1ccc(F)cc1)C(=O)OCc1nc(-c2ccc(C(F)(F)F)cc2)no1. The number of aromatic nitrogens is 2. The van der Waals surface area contributed by atoms with Gasteiger partial charge < -0.3 is 14.6 Å². The highest BCUT2D eigenvalue weighted by molar-refractivity contribution is 8.01.